The first kappa shape index (κ1) is 23.6. The molecule has 4 rings (SSSR count). The zero-order chi connectivity index (χ0) is 24.1. The van der Waals surface area contributed by atoms with Gasteiger partial charge in [-0.05, 0) is 36.4 Å². The van der Waals surface area contributed by atoms with Crippen LogP contribution in [0.1, 0.15) is 5.56 Å². The van der Waals surface area contributed by atoms with Gasteiger partial charge >= 0.3 is 0 Å². The Bertz CT molecular complexity index is 1450. The number of aromatic nitrogens is 3. The number of hydroxylamine groups is 1. The van der Waals surface area contributed by atoms with Gasteiger partial charge in [0.05, 0.1) is 21.1 Å². The normalized spacial score (nSPS) is 12.1. The van der Waals surface area contributed by atoms with Crippen molar-refractivity contribution in [3.8, 4) is 0 Å². The van der Waals surface area contributed by atoms with Crippen LogP contribution in [0.3, 0.4) is 0 Å². The smallest absolute Gasteiger partial charge is 0.240 e. The highest BCUT2D eigenvalue weighted by Crippen LogP contribution is 2.23. The summed E-state index contributed by atoms with van der Waals surface area (Å²) in [6, 6.07) is 13.6. The Balaban J connectivity index is 1.49. The summed E-state index contributed by atoms with van der Waals surface area (Å²) in [4.78, 5) is 16.0. The van der Waals surface area contributed by atoms with Crippen LogP contribution >= 0.6 is 11.6 Å². The highest BCUT2D eigenvalue weighted by molar-refractivity contribution is 7.89. The van der Waals surface area contributed by atoms with Crippen LogP contribution in [0.5, 0.6) is 0 Å². The quantitative estimate of drug-likeness (QED) is 0.107. The lowest BCUT2D eigenvalue weighted by Crippen LogP contribution is -2.29. The van der Waals surface area contributed by atoms with Crippen molar-refractivity contribution in [3.63, 3.8) is 0 Å². The highest BCUT2D eigenvalue weighted by atomic mass is 35.5. The molecule has 176 valence electrons. The summed E-state index contributed by atoms with van der Waals surface area (Å²) in [6.45, 7) is 0.360. The molecule has 2 aromatic carbocycles. The number of sulfonamides is 1. The number of hydrogen-bond acceptors (Lipinski definition) is 7. The van der Waals surface area contributed by atoms with Crippen molar-refractivity contribution >= 4 is 50.3 Å². The third kappa shape index (κ3) is 5.31. The van der Waals surface area contributed by atoms with Crippen LogP contribution in [-0.4, -0.2) is 47.5 Å². The van der Waals surface area contributed by atoms with E-state index in [1.54, 1.807) is 24.3 Å². The largest absolute Gasteiger partial charge is 0.354 e. The molecule has 2 aromatic heterocycles. The predicted octanol–water partition coefficient (Wildman–Crippen LogP) is 3.20. The molecule has 0 aliphatic heterocycles. The third-order valence-electron chi connectivity index (χ3n) is 4.66. The molecule has 0 fully saturated rings. The van der Waals surface area contributed by atoms with E-state index in [1.165, 1.54) is 36.5 Å². The minimum Gasteiger partial charge on any atom is -0.354 e. The molecule has 13 heteroatoms. The Labute approximate surface area is 198 Å². The fourth-order valence-electron chi connectivity index (χ4n) is 3.07. The van der Waals surface area contributed by atoms with Crippen molar-refractivity contribution in [1.29, 1.82) is 0 Å². The van der Waals surface area contributed by atoms with Gasteiger partial charge in [0.15, 0.2) is 11.5 Å². The minimum absolute atomic E-state index is 0.0564. The van der Waals surface area contributed by atoms with Crippen LogP contribution in [0.2, 0.25) is 5.02 Å². The van der Waals surface area contributed by atoms with Gasteiger partial charge in [-0.2, -0.15) is 4.98 Å². The molecular weight excluding hydrogens is 485 g/mol. The molecule has 0 radical (unpaired) electrons. The maximum absolute atomic E-state index is 13.4. The number of pyridine rings is 1. The lowest BCUT2D eigenvalue weighted by atomic mass is 10.2. The molecule has 0 spiro atoms. The molecule has 0 saturated carbocycles. The number of fused-ring (bicyclic) bond motifs is 1. The van der Waals surface area contributed by atoms with Crippen LogP contribution in [0.25, 0.3) is 11.2 Å². The second-order valence-corrected chi connectivity index (χ2v) is 9.12. The first-order valence-electron chi connectivity index (χ1n) is 9.95. The fraction of sp³-hybridized carbons (Fsp3) is 0.0952. The van der Waals surface area contributed by atoms with E-state index in [0.717, 1.165) is 0 Å². The van der Waals surface area contributed by atoms with E-state index in [4.69, 9.17) is 11.6 Å². The zero-order valence-corrected chi connectivity index (χ0v) is 19.0. The van der Waals surface area contributed by atoms with Gasteiger partial charge in [-0.15, -0.1) is 0 Å². The van der Waals surface area contributed by atoms with E-state index in [9.17, 15) is 18.0 Å². The Morgan fingerprint density at radius 3 is 2.68 bits per heavy atom. The molecule has 0 saturated heterocycles. The van der Waals surface area contributed by atoms with Crippen LogP contribution in [0, 0.1) is 5.82 Å². The number of aliphatic imine (C=N–C) groups is 1. The van der Waals surface area contributed by atoms with E-state index in [0.29, 0.717) is 28.4 Å². The van der Waals surface area contributed by atoms with Gasteiger partial charge in [-0.25, -0.2) is 27.5 Å². The van der Waals surface area contributed by atoms with E-state index in [-0.39, 0.29) is 28.8 Å². The maximum atomic E-state index is 13.4. The number of nitrogens with zero attached hydrogens (tertiary/aromatic N) is 3. The molecule has 0 unspecified atom stereocenters. The van der Waals surface area contributed by atoms with Gasteiger partial charge in [0.25, 0.3) is 0 Å². The number of benzene rings is 2. The van der Waals surface area contributed by atoms with E-state index >= 15 is 0 Å². The fourth-order valence-corrected chi connectivity index (χ4v) is 4.30. The van der Waals surface area contributed by atoms with Crippen molar-refractivity contribution in [2.45, 2.75) is 4.90 Å². The predicted molar refractivity (Wildman–Crippen MR) is 127 cm³/mol. The summed E-state index contributed by atoms with van der Waals surface area (Å²) in [5.41, 5.74) is 3.59. The minimum atomic E-state index is -3.61. The molecule has 0 aliphatic carbocycles. The number of hydrogen-bond donors (Lipinski definition) is 5. The van der Waals surface area contributed by atoms with Gasteiger partial charge in [0, 0.05) is 24.8 Å². The SMILES string of the molecule is O=S(=O)(NCCNc1nc2nccc(C(=Nc3ccc(F)c(Cl)c3)NO)c2[nH]1)c1ccccc1. The number of nitrogens with one attached hydrogen (secondary N) is 4. The van der Waals surface area contributed by atoms with Crippen molar-refractivity contribution in [3.05, 3.63) is 77.2 Å². The number of imidazole rings is 1. The van der Waals surface area contributed by atoms with E-state index in [1.807, 2.05) is 5.48 Å². The molecule has 2 heterocycles. The maximum Gasteiger partial charge on any atom is 0.240 e. The number of amidine groups is 1. The molecule has 0 bridgehead atoms. The van der Waals surface area contributed by atoms with Crippen LogP contribution < -0.4 is 15.5 Å². The number of anilines is 1. The van der Waals surface area contributed by atoms with E-state index in [2.05, 4.69) is 30.0 Å². The number of rotatable bonds is 8. The summed E-state index contributed by atoms with van der Waals surface area (Å²) in [7, 11) is -3.61. The Hall–Kier alpha value is -3.58. The topological polar surface area (TPSA) is 144 Å². The molecule has 10 nitrogen and oxygen atoms in total. The summed E-state index contributed by atoms with van der Waals surface area (Å²) < 4.78 is 40.5. The molecule has 5 N–H and O–H groups in total. The summed E-state index contributed by atoms with van der Waals surface area (Å²) in [5.74, 6) is -0.183. The van der Waals surface area contributed by atoms with Gasteiger partial charge in [0.1, 0.15) is 5.82 Å². The standard InChI is InChI=1S/C21H19ClFN7O3S/c22-16-12-13(6-7-17(16)23)27-19(30-31)15-8-9-24-20-18(15)28-21(29-20)25-10-11-26-34(32,33)14-4-2-1-3-5-14/h1-9,12,26,31H,10-11H2,(H,27,30)(H2,24,25,28,29). The summed E-state index contributed by atoms with van der Waals surface area (Å²) in [5, 5.41) is 12.5. The average Bonchev–Trinajstić information content (AvgIpc) is 3.26. The van der Waals surface area contributed by atoms with Crippen LogP contribution in [0.15, 0.2) is 70.7 Å². The third-order valence-corrected chi connectivity index (χ3v) is 6.43. The summed E-state index contributed by atoms with van der Waals surface area (Å²) >= 11 is 5.80. The monoisotopic (exact) mass is 503 g/mol. The average molecular weight is 504 g/mol. The van der Waals surface area contributed by atoms with Gasteiger partial charge in [0.2, 0.25) is 16.0 Å². The second-order valence-electron chi connectivity index (χ2n) is 6.95. The highest BCUT2D eigenvalue weighted by Gasteiger charge is 2.15. The van der Waals surface area contributed by atoms with Crippen molar-refractivity contribution in [2.24, 2.45) is 4.99 Å². The van der Waals surface area contributed by atoms with Gasteiger partial charge in [-0.3, -0.25) is 10.7 Å². The van der Waals surface area contributed by atoms with Crippen molar-refractivity contribution in [1.82, 2.24) is 25.2 Å². The molecular formula is C21H19ClFN7O3S. The summed E-state index contributed by atoms with van der Waals surface area (Å²) in [6.07, 6.45) is 1.49. The zero-order valence-electron chi connectivity index (χ0n) is 17.5. The molecule has 34 heavy (non-hydrogen) atoms. The molecule has 4 aromatic rings. The molecule has 0 amide bonds. The first-order chi connectivity index (χ1) is 16.4. The Morgan fingerprint density at radius 2 is 1.94 bits per heavy atom. The number of halogens is 2. The Morgan fingerprint density at radius 1 is 1.15 bits per heavy atom. The first-order valence-corrected chi connectivity index (χ1v) is 11.8. The molecule has 0 aliphatic rings. The van der Waals surface area contributed by atoms with E-state index < -0.39 is 15.8 Å². The van der Waals surface area contributed by atoms with Gasteiger partial charge < -0.3 is 10.3 Å². The molecule has 0 atom stereocenters. The lowest BCUT2D eigenvalue weighted by molar-refractivity contribution is 0.235. The number of aromatic amines is 1. The number of H-pyrrole nitrogens is 1. The van der Waals surface area contributed by atoms with Crippen LogP contribution in [0.4, 0.5) is 16.0 Å². The van der Waals surface area contributed by atoms with Crippen LogP contribution in [-0.2, 0) is 10.0 Å². The Kier molecular flexibility index (Phi) is 7.03. The second kappa shape index (κ2) is 10.1. The van der Waals surface area contributed by atoms with Crippen molar-refractivity contribution in [2.75, 3.05) is 18.4 Å². The van der Waals surface area contributed by atoms with Gasteiger partial charge in [-0.1, -0.05) is 29.8 Å². The lowest BCUT2D eigenvalue weighted by Gasteiger charge is -2.07. The van der Waals surface area contributed by atoms with Crippen molar-refractivity contribution < 1.29 is 18.0 Å².